The van der Waals surface area contributed by atoms with Crippen LogP contribution in [0.25, 0.3) is 0 Å². The van der Waals surface area contributed by atoms with E-state index in [-0.39, 0.29) is 25.4 Å². The van der Waals surface area contributed by atoms with E-state index in [2.05, 4.69) is 5.32 Å². The number of nitrogens with one attached hydrogen (secondary N) is 1. The molecule has 1 fully saturated rings. The summed E-state index contributed by atoms with van der Waals surface area (Å²) in [6.45, 7) is 6.26. The van der Waals surface area contributed by atoms with Crippen LogP contribution in [0.5, 0.6) is 0 Å². The predicted octanol–water partition coefficient (Wildman–Crippen LogP) is 3.29. The lowest BCUT2D eigenvalue weighted by Gasteiger charge is -2.40. The van der Waals surface area contributed by atoms with Gasteiger partial charge >= 0.3 is 12.1 Å². The van der Waals surface area contributed by atoms with Gasteiger partial charge in [0.1, 0.15) is 5.54 Å². The molecule has 0 radical (unpaired) electrons. The standard InChI is InChI=1S/C14H24F3NO2/c1-4-20-12(19)13(18-9-10(2)3)7-5-6-11(8-13)14(15,16)17/h10-11,18H,4-9H2,1-3H3. The quantitative estimate of drug-likeness (QED) is 0.791. The lowest BCUT2D eigenvalue weighted by Crippen LogP contribution is -2.57. The molecule has 0 spiro atoms. The molecule has 0 heterocycles. The van der Waals surface area contributed by atoms with Crippen molar-refractivity contribution in [2.75, 3.05) is 13.2 Å². The van der Waals surface area contributed by atoms with Gasteiger partial charge in [0.05, 0.1) is 12.5 Å². The highest BCUT2D eigenvalue weighted by molar-refractivity contribution is 5.81. The maximum absolute atomic E-state index is 13.0. The maximum Gasteiger partial charge on any atom is 0.391 e. The van der Waals surface area contributed by atoms with E-state index in [4.69, 9.17) is 4.74 Å². The van der Waals surface area contributed by atoms with Crippen LogP contribution in [0.3, 0.4) is 0 Å². The summed E-state index contributed by atoms with van der Waals surface area (Å²) in [5.74, 6) is -1.72. The molecule has 0 bridgehead atoms. The van der Waals surface area contributed by atoms with Crippen LogP contribution in [0.15, 0.2) is 0 Å². The first-order valence-corrected chi connectivity index (χ1v) is 7.20. The number of rotatable bonds is 5. The van der Waals surface area contributed by atoms with E-state index in [1.165, 1.54) is 0 Å². The van der Waals surface area contributed by atoms with Crippen molar-refractivity contribution in [3.63, 3.8) is 0 Å². The third-order valence-corrected chi connectivity index (χ3v) is 3.73. The minimum Gasteiger partial charge on any atom is -0.465 e. The van der Waals surface area contributed by atoms with Crippen molar-refractivity contribution in [3.05, 3.63) is 0 Å². The average Bonchev–Trinajstić information content (AvgIpc) is 2.36. The van der Waals surface area contributed by atoms with Gasteiger partial charge in [0, 0.05) is 0 Å². The summed E-state index contributed by atoms with van der Waals surface area (Å²) >= 11 is 0. The minimum atomic E-state index is -4.25. The Morgan fingerprint density at radius 3 is 2.60 bits per heavy atom. The van der Waals surface area contributed by atoms with Gasteiger partial charge in [0.2, 0.25) is 0 Å². The molecule has 1 saturated carbocycles. The lowest BCUT2D eigenvalue weighted by molar-refractivity contribution is -0.192. The Balaban J connectivity index is 2.89. The van der Waals surface area contributed by atoms with Gasteiger partial charge in [0.25, 0.3) is 0 Å². The zero-order chi connectivity index (χ0) is 15.4. The zero-order valence-corrected chi connectivity index (χ0v) is 12.3. The van der Waals surface area contributed by atoms with Crippen LogP contribution in [-0.4, -0.2) is 30.8 Å². The van der Waals surface area contributed by atoms with Gasteiger partial charge in [0.15, 0.2) is 0 Å². The van der Waals surface area contributed by atoms with E-state index in [9.17, 15) is 18.0 Å². The SMILES string of the molecule is CCOC(=O)C1(NCC(C)C)CCCC(C(F)(F)F)C1. The van der Waals surface area contributed by atoms with Gasteiger partial charge in [-0.15, -0.1) is 0 Å². The average molecular weight is 295 g/mol. The van der Waals surface area contributed by atoms with Crippen molar-refractivity contribution < 1.29 is 22.7 Å². The Kier molecular flexibility index (Phi) is 5.86. The second-order valence-electron chi connectivity index (χ2n) is 5.91. The lowest BCUT2D eigenvalue weighted by atomic mass is 9.75. The third-order valence-electron chi connectivity index (χ3n) is 3.73. The Morgan fingerprint density at radius 2 is 2.10 bits per heavy atom. The number of hydrogen-bond donors (Lipinski definition) is 1. The van der Waals surface area contributed by atoms with Crippen LogP contribution < -0.4 is 5.32 Å². The molecule has 0 amide bonds. The minimum absolute atomic E-state index is 0.0913. The van der Waals surface area contributed by atoms with Gasteiger partial charge in [-0.05, 0) is 38.6 Å². The molecule has 0 aromatic heterocycles. The Labute approximate surface area is 118 Å². The molecule has 1 aliphatic rings. The molecular weight excluding hydrogens is 271 g/mol. The van der Waals surface area contributed by atoms with Gasteiger partial charge in [-0.3, -0.25) is 4.79 Å². The summed E-state index contributed by atoms with van der Waals surface area (Å²) in [6, 6.07) is 0. The largest absolute Gasteiger partial charge is 0.465 e. The first-order valence-electron chi connectivity index (χ1n) is 7.20. The molecule has 0 aromatic carbocycles. The number of carbonyl (C=O) groups excluding carboxylic acids is 1. The molecule has 0 aliphatic heterocycles. The summed E-state index contributed by atoms with van der Waals surface area (Å²) in [4.78, 5) is 12.2. The van der Waals surface area contributed by atoms with Gasteiger partial charge in [-0.2, -0.15) is 13.2 Å². The second kappa shape index (κ2) is 6.78. The molecule has 1 rings (SSSR count). The summed E-state index contributed by atoms with van der Waals surface area (Å²) in [7, 11) is 0. The van der Waals surface area contributed by atoms with E-state index in [1.807, 2.05) is 13.8 Å². The summed E-state index contributed by atoms with van der Waals surface area (Å²) in [6.07, 6.45) is -3.59. The van der Waals surface area contributed by atoms with Gasteiger partial charge in [-0.1, -0.05) is 20.3 Å². The monoisotopic (exact) mass is 295 g/mol. The van der Waals surface area contributed by atoms with Crippen molar-refractivity contribution in [2.24, 2.45) is 11.8 Å². The molecular formula is C14H24F3NO2. The summed E-state index contributed by atoms with van der Waals surface area (Å²) in [5, 5.41) is 3.05. The summed E-state index contributed by atoms with van der Waals surface area (Å²) < 4.78 is 43.9. The summed E-state index contributed by atoms with van der Waals surface area (Å²) in [5.41, 5.74) is -1.18. The number of alkyl halides is 3. The van der Waals surface area contributed by atoms with Crippen molar-refractivity contribution in [2.45, 2.75) is 58.2 Å². The molecule has 3 nitrogen and oxygen atoms in total. The van der Waals surface area contributed by atoms with E-state index < -0.39 is 23.6 Å². The number of halogens is 3. The van der Waals surface area contributed by atoms with Crippen LogP contribution in [0.2, 0.25) is 0 Å². The van der Waals surface area contributed by atoms with Crippen molar-refractivity contribution in [3.8, 4) is 0 Å². The normalized spacial score (nSPS) is 27.6. The first kappa shape index (κ1) is 17.3. The predicted molar refractivity (Wildman–Crippen MR) is 70.2 cm³/mol. The van der Waals surface area contributed by atoms with Crippen LogP contribution in [0, 0.1) is 11.8 Å². The first-order chi connectivity index (χ1) is 9.21. The molecule has 1 N–H and O–H groups in total. The third kappa shape index (κ3) is 4.36. The van der Waals surface area contributed by atoms with Crippen LogP contribution in [-0.2, 0) is 9.53 Å². The number of esters is 1. The fraction of sp³-hybridized carbons (Fsp3) is 0.929. The highest BCUT2D eigenvalue weighted by Crippen LogP contribution is 2.42. The zero-order valence-electron chi connectivity index (χ0n) is 12.3. The Hall–Kier alpha value is -0.780. The van der Waals surface area contributed by atoms with Crippen LogP contribution in [0.4, 0.5) is 13.2 Å². The molecule has 2 atom stereocenters. The van der Waals surface area contributed by atoms with Crippen molar-refractivity contribution in [1.29, 1.82) is 0 Å². The molecule has 2 unspecified atom stereocenters. The molecule has 118 valence electrons. The highest BCUT2D eigenvalue weighted by atomic mass is 19.4. The molecule has 6 heteroatoms. The van der Waals surface area contributed by atoms with Crippen molar-refractivity contribution >= 4 is 5.97 Å². The Bertz CT molecular complexity index is 331. The van der Waals surface area contributed by atoms with Crippen LogP contribution >= 0.6 is 0 Å². The number of ether oxygens (including phenoxy) is 1. The Morgan fingerprint density at radius 1 is 1.45 bits per heavy atom. The van der Waals surface area contributed by atoms with E-state index >= 15 is 0 Å². The molecule has 20 heavy (non-hydrogen) atoms. The van der Waals surface area contributed by atoms with Gasteiger partial charge < -0.3 is 10.1 Å². The highest BCUT2D eigenvalue weighted by Gasteiger charge is 2.51. The molecule has 0 saturated heterocycles. The van der Waals surface area contributed by atoms with E-state index in [0.29, 0.717) is 19.4 Å². The number of hydrogen-bond acceptors (Lipinski definition) is 3. The fourth-order valence-electron chi connectivity index (χ4n) is 2.64. The number of carbonyl (C=O) groups is 1. The second-order valence-corrected chi connectivity index (χ2v) is 5.91. The fourth-order valence-corrected chi connectivity index (χ4v) is 2.64. The van der Waals surface area contributed by atoms with E-state index in [1.54, 1.807) is 6.92 Å². The molecule has 0 aromatic rings. The van der Waals surface area contributed by atoms with Crippen LogP contribution in [0.1, 0.15) is 46.5 Å². The molecule has 1 aliphatic carbocycles. The van der Waals surface area contributed by atoms with E-state index in [0.717, 1.165) is 0 Å². The maximum atomic E-state index is 13.0. The smallest absolute Gasteiger partial charge is 0.391 e. The van der Waals surface area contributed by atoms with Crippen molar-refractivity contribution in [1.82, 2.24) is 5.32 Å². The topological polar surface area (TPSA) is 38.3 Å². The van der Waals surface area contributed by atoms with Gasteiger partial charge in [-0.25, -0.2) is 0 Å².